The number of hydrogen-bond donors (Lipinski definition) is 2. The third-order valence-electron chi connectivity index (χ3n) is 4.54. The molecule has 0 bridgehead atoms. The average molecular weight is 368 g/mol. The van der Waals surface area contributed by atoms with E-state index in [1.54, 1.807) is 19.0 Å². The Morgan fingerprint density at radius 3 is 2.41 bits per heavy atom. The van der Waals surface area contributed by atoms with Crippen molar-refractivity contribution in [3.05, 3.63) is 48.3 Å². The fourth-order valence-electron chi connectivity index (χ4n) is 3.05. The first-order valence-corrected chi connectivity index (χ1v) is 9.58. The van der Waals surface area contributed by atoms with Crippen molar-refractivity contribution in [3.8, 4) is 11.5 Å². The van der Waals surface area contributed by atoms with Crippen LogP contribution >= 0.6 is 0 Å². The van der Waals surface area contributed by atoms with E-state index in [1.165, 1.54) is 25.7 Å². The van der Waals surface area contributed by atoms with Crippen LogP contribution in [0.15, 0.2) is 48.3 Å². The van der Waals surface area contributed by atoms with Crippen molar-refractivity contribution < 1.29 is 9.47 Å². The lowest BCUT2D eigenvalue weighted by Gasteiger charge is -2.13. The average Bonchev–Trinajstić information content (AvgIpc) is 2.73. The molecule has 0 aliphatic heterocycles. The van der Waals surface area contributed by atoms with Gasteiger partial charge >= 0.3 is 0 Å². The van der Waals surface area contributed by atoms with Crippen LogP contribution in [0.2, 0.25) is 0 Å². The lowest BCUT2D eigenvalue weighted by molar-refractivity contribution is 0.331. The van der Waals surface area contributed by atoms with Crippen LogP contribution < -0.4 is 20.1 Å². The molecule has 0 unspecified atom stereocenters. The van der Waals surface area contributed by atoms with E-state index in [1.807, 2.05) is 30.3 Å². The normalized spacial score (nSPS) is 13.6. The number of rotatable bonds is 10. The molecule has 1 aliphatic rings. The molecule has 6 nitrogen and oxygen atoms in total. The van der Waals surface area contributed by atoms with E-state index < -0.39 is 0 Å². The summed E-state index contributed by atoms with van der Waals surface area (Å²) in [6.07, 6.45) is 10.2. The number of hydrogen-bond acceptors (Lipinski definition) is 6. The van der Waals surface area contributed by atoms with Crippen LogP contribution in [-0.4, -0.2) is 36.8 Å². The number of nitrogens with zero attached hydrogens (tertiary/aromatic N) is 2. The molecule has 3 rings (SSSR count). The van der Waals surface area contributed by atoms with Crippen molar-refractivity contribution in [2.45, 2.75) is 32.1 Å². The second-order valence-electron chi connectivity index (χ2n) is 6.52. The molecule has 0 saturated heterocycles. The lowest BCUT2D eigenvalue weighted by Crippen LogP contribution is -2.13. The summed E-state index contributed by atoms with van der Waals surface area (Å²) in [5.74, 6) is 3.28. The minimum absolute atomic E-state index is 0.549. The Balaban J connectivity index is 1.37. The Labute approximate surface area is 161 Å². The minimum Gasteiger partial charge on any atom is -0.497 e. The van der Waals surface area contributed by atoms with Crippen LogP contribution in [-0.2, 0) is 0 Å². The zero-order chi connectivity index (χ0) is 18.7. The SMILES string of the molecule is COc1ccc(OCCNc2cc(NCCC3=CCCCC3)ncn2)cc1. The molecule has 27 heavy (non-hydrogen) atoms. The molecule has 6 heteroatoms. The van der Waals surface area contributed by atoms with Gasteiger partial charge in [0.1, 0.15) is 36.1 Å². The highest BCUT2D eigenvalue weighted by atomic mass is 16.5. The summed E-state index contributed by atoms with van der Waals surface area (Å²) < 4.78 is 10.8. The third-order valence-corrected chi connectivity index (χ3v) is 4.54. The summed E-state index contributed by atoms with van der Waals surface area (Å²) in [5, 5.41) is 6.65. The highest BCUT2D eigenvalue weighted by molar-refractivity contribution is 5.46. The first kappa shape index (κ1) is 19.0. The van der Waals surface area contributed by atoms with Gasteiger partial charge in [0.05, 0.1) is 13.7 Å². The van der Waals surface area contributed by atoms with Crippen LogP contribution in [0.3, 0.4) is 0 Å². The van der Waals surface area contributed by atoms with E-state index in [-0.39, 0.29) is 0 Å². The van der Waals surface area contributed by atoms with Crippen molar-refractivity contribution in [2.24, 2.45) is 0 Å². The molecule has 1 aromatic carbocycles. The number of aromatic nitrogens is 2. The first-order chi connectivity index (χ1) is 13.3. The third kappa shape index (κ3) is 6.47. The summed E-state index contributed by atoms with van der Waals surface area (Å²) in [5.41, 5.74) is 1.57. The monoisotopic (exact) mass is 368 g/mol. The topological polar surface area (TPSA) is 68.3 Å². The maximum atomic E-state index is 5.71. The number of methoxy groups -OCH3 is 1. The van der Waals surface area contributed by atoms with Gasteiger partial charge in [0, 0.05) is 12.6 Å². The summed E-state index contributed by atoms with van der Waals surface area (Å²) >= 11 is 0. The summed E-state index contributed by atoms with van der Waals surface area (Å²) in [6.45, 7) is 2.12. The van der Waals surface area contributed by atoms with Gasteiger partial charge in [0.2, 0.25) is 0 Å². The molecule has 0 spiro atoms. The second-order valence-corrected chi connectivity index (χ2v) is 6.52. The molecule has 0 atom stereocenters. The first-order valence-electron chi connectivity index (χ1n) is 9.58. The summed E-state index contributed by atoms with van der Waals surface area (Å²) in [6, 6.07) is 9.49. The second kappa shape index (κ2) is 10.4. The smallest absolute Gasteiger partial charge is 0.131 e. The summed E-state index contributed by atoms with van der Waals surface area (Å²) in [7, 11) is 1.65. The van der Waals surface area contributed by atoms with Gasteiger partial charge in [0.25, 0.3) is 0 Å². The number of allylic oxidation sites excluding steroid dienone is 1. The van der Waals surface area contributed by atoms with Gasteiger partial charge in [-0.2, -0.15) is 0 Å². The Bertz CT molecular complexity index is 731. The van der Waals surface area contributed by atoms with Crippen molar-refractivity contribution in [1.82, 2.24) is 9.97 Å². The minimum atomic E-state index is 0.549. The van der Waals surface area contributed by atoms with Crippen molar-refractivity contribution >= 4 is 11.6 Å². The molecule has 144 valence electrons. The van der Waals surface area contributed by atoms with Gasteiger partial charge in [-0.15, -0.1) is 0 Å². The van der Waals surface area contributed by atoms with Crippen molar-refractivity contribution in [3.63, 3.8) is 0 Å². The summed E-state index contributed by atoms with van der Waals surface area (Å²) in [4.78, 5) is 8.55. The Morgan fingerprint density at radius 2 is 1.70 bits per heavy atom. The molecule has 1 aromatic heterocycles. The van der Waals surface area contributed by atoms with Gasteiger partial charge in [-0.05, 0) is 56.4 Å². The van der Waals surface area contributed by atoms with E-state index in [2.05, 4.69) is 26.7 Å². The van der Waals surface area contributed by atoms with Gasteiger partial charge < -0.3 is 20.1 Å². The van der Waals surface area contributed by atoms with Gasteiger partial charge in [-0.25, -0.2) is 9.97 Å². The maximum absolute atomic E-state index is 5.71. The zero-order valence-corrected chi connectivity index (χ0v) is 15.9. The molecule has 0 saturated carbocycles. The standard InChI is InChI=1S/C21H28N4O2/c1-26-18-7-9-19(10-8-18)27-14-13-23-21-15-20(24-16-25-21)22-12-11-17-5-3-2-4-6-17/h5,7-10,15-16H,2-4,6,11-14H2,1H3,(H2,22,23,24,25). The Kier molecular flexibility index (Phi) is 7.33. The molecule has 0 fully saturated rings. The van der Waals surface area contributed by atoms with Crippen LogP contribution in [0, 0.1) is 0 Å². The molecular weight excluding hydrogens is 340 g/mol. The quantitative estimate of drug-likeness (QED) is 0.482. The lowest BCUT2D eigenvalue weighted by atomic mass is 9.97. The maximum Gasteiger partial charge on any atom is 0.131 e. The molecule has 2 N–H and O–H groups in total. The Hall–Kier alpha value is -2.76. The molecule has 0 radical (unpaired) electrons. The Morgan fingerprint density at radius 1 is 0.963 bits per heavy atom. The van der Waals surface area contributed by atoms with E-state index >= 15 is 0 Å². The van der Waals surface area contributed by atoms with Crippen LogP contribution in [0.4, 0.5) is 11.6 Å². The zero-order valence-electron chi connectivity index (χ0n) is 15.9. The molecule has 2 aromatic rings. The molecular formula is C21H28N4O2. The van der Waals surface area contributed by atoms with Gasteiger partial charge in [-0.3, -0.25) is 0 Å². The van der Waals surface area contributed by atoms with Gasteiger partial charge in [0.15, 0.2) is 0 Å². The number of anilines is 2. The largest absolute Gasteiger partial charge is 0.497 e. The molecule has 1 aliphatic carbocycles. The van der Waals surface area contributed by atoms with E-state index in [4.69, 9.17) is 9.47 Å². The predicted molar refractivity (Wildman–Crippen MR) is 109 cm³/mol. The molecule has 0 amide bonds. The van der Waals surface area contributed by atoms with Crippen LogP contribution in [0.5, 0.6) is 11.5 Å². The number of benzene rings is 1. The number of ether oxygens (including phenoxy) is 2. The van der Waals surface area contributed by atoms with E-state index in [9.17, 15) is 0 Å². The van der Waals surface area contributed by atoms with E-state index in [0.29, 0.717) is 13.2 Å². The number of nitrogens with one attached hydrogen (secondary N) is 2. The predicted octanol–water partition coefficient (Wildman–Crippen LogP) is 4.28. The van der Waals surface area contributed by atoms with Crippen molar-refractivity contribution in [1.29, 1.82) is 0 Å². The molecule has 1 heterocycles. The van der Waals surface area contributed by atoms with E-state index in [0.717, 1.165) is 36.1 Å². The van der Waals surface area contributed by atoms with Crippen molar-refractivity contribution in [2.75, 3.05) is 37.4 Å². The highest BCUT2D eigenvalue weighted by Gasteiger charge is 2.04. The highest BCUT2D eigenvalue weighted by Crippen LogP contribution is 2.20. The van der Waals surface area contributed by atoms with Crippen LogP contribution in [0.25, 0.3) is 0 Å². The van der Waals surface area contributed by atoms with Gasteiger partial charge in [-0.1, -0.05) is 11.6 Å². The van der Waals surface area contributed by atoms with Crippen LogP contribution in [0.1, 0.15) is 32.1 Å². The fourth-order valence-corrected chi connectivity index (χ4v) is 3.05. The fraction of sp³-hybridized carbons (Fsp3) is 0.429.